The highest BCUT2D eigenvalue weighted by Crippen LogP contribution is 2.45. The van der Waals surface area contributed by atoms with Gasteiger partial charge in [-0.1, -0.05) is 18.2 Å². The van der Waals surface area contributed by atoms with E-state index in [-0.39, 0.29) is 18.3 Å². The molecule has 0 unspecified atom stereocenters. The highest BCUT2D eigenvalue weighted by molar-refractivity contribution is 7.23. The van der Waals surface area contributed by atoms with Crippen molar-refractivity contribution >= 4 is 67.5 Å². The number of hydrogen-bond acceptors (Lipinski definition) is 6. The van der Waals surface area contributed by atoms with Crippen LogP contribution in [0.5, 0.6) is 0 Å². The van der Waals surface area contributed by atoms with Crippen LogP contribution in [-0.4, -0.2) is 29.4 Å². The fourth-order valence-corrected chi connectivity index (χ4v) is 6.72. The van der Waals surface area contributed by atoms with Crippen LogP contribution in [-0.2, 0) is 24.2 Å². The van der Waals surface area contributed by atoms with Crippen LogP contribution in [0.3, 0.4) is 0 Å². The lowest BCUT2D eigenvalue weighted by atomic mass is 10.0. The van der Waals surface area contributed by atoms with E-state index in [0.29, 0.717) is 6.42 Å². The van der Waals surface area contributed by atoms with Crippen LogP contribution < -0.4 is 5.32 Å². The molecule has 3 aromatic heterocycles. The molecule has 4 nitrogen and oxygen atoms in total. The van der Waals surface area contributed by atoms with E-state index in [4.69, 9.17) is 4.98 Å². The predicted octanol–water partition coefficient (Wildman–Crippen LogP) is 5.68. The Labute approximate surface area is 187 Å². The molecule has 29 heavy (non-hydrogen) atoms. The number of carbonyl (C=O) groups is 1. The van der Waals surface area contributed by atoms with Gasteiger partial charge in [0.05, 0.1) is 16.6 Å². The SMILES string of the molecule is CN1CCc2c(sc(NC(=O)Cc3cccs3)c2-c2nc3ccccc3s2)C1.Cl. The number of nitrogens with zero attached hydrogens (tertiary/aromatic N) is 2. The fraction of sp³-hybridized carbons (Fsp3) is 0.238. The van der Waals surface area contributed by atoms with Gasteiger partial charge in [0.25, 0.3) is 0 Å². The van der Waals surface area contributed by atoms with Crippen LogP contribution in [0.2, 0.25) is 0 Å². The average Bonchev–Trinajstić information content (AvgIpc) is 3.38. The molecule has 0 saturated heterocycles. The zero-order valence-corrected chi connectivity index (χ0v) is 19.1. The van der Waals surface area contributed by atoms with E-state index in [0.717, 1.165) is 45.5 Å². The maximum Gasteiger partial charge on any atom is 0.230 e. The van der Waals surface area contributed by atoms with Gasteiger partial charge in [0, 0.05) is 28.4 Å². The summed E-state index contributed by atoms with van der Waals surface area (Å²) in [7, 11) is 2.15. The number of nitrogens with one attached hydrogen (secondary N) is 1. The quantitative estimate of drug-likeness (QED) is 0.425. The minimum atomic E-state index is 0. The lowest BCUT2D eigenvalue weighted by molar-refractivity contribution is -0.115. The van der Waals surface area contributed by atoms with Crippen LogP contribution in [0.25, 0.3) is 20.8 Å². The second-order valence-electron chi connectivity index (χ2n) is 6.99. The molecule has 0 aliphatic carbocycles. The number of thiazole rings is 1. The van der Waals surface area contributed by atoms with Crippen LogP contribution >= 0.6 is 46.4 Å². The maximum absolute atomic E-state index is 12.7. The summed E-state index contributed by atoms with van der Waals surface area (Å²) in [4.78, 5) is 22.3. The summed E-state index contributed by atoms with van der Waals surface area (Å²) in [5.41, 5.74) is 3.51. The largest absolute Gasteiger partial charge is 0.317 e. The zero-order chi connectivity index (χ0) is 19.1. The molecule has 0 atom stereocenters. The van der Waals surface area contributed by atoms with E-state index in [9.17, 15) is 4.79 Å². The molecule has 1 aliphatic rings. The number of likely N-dealkylation sites (N-methyl/N-ethyl adjacent to an activating group) is 1. The molecule has 5 rings (SSSR count). The molecule has 0 radical (unpaired) electrons. The van der Waals surface area contributed by atoms with E-state index < -0.39 is 0 Å². The normalized spacial score (nSPS) is 13.8. The molecule has 4 heterocycles. The molecule has 0 fully saturated rings. The Morgan fingerprint density at radius 2 is 2.07 bits per heavy atom. The monoisotopic (exact) mass is 461 g/mol. The number of halogens is 1. The number of aromatic nitrogens is 1. The minimum Gasteiger partial charge on any atom is -0.317 e. The van der Waals surface area contributed by atoms with Crippen LogP contribution in [0.1, 0.15) is 15.3 Å². The first-order valence-corrected chi connectivity index (χ1v) is 11.7. The van der Waals surface area contributed by atoms with Crippen LogP contribution in [0.15, 0.2) is 41.8 Å². The van der Waals surface area contributed by atoms with E-state index in [1.807, 2.05) is 29.6 Å². The lowest BCUT2D eigenvalue weighted by Crippen LogP contribution is -2.25. The molecule has 150 valence electrons. The van der Waals surface area contributed by atoms with Crippen LogP contribution in [0.4, 0.5) is 5.00 Å². The maximum atomic E-state index is 12.7. The highest BCUT2D eigenvalue weighted by atomic mass is 35.5. The van der Waals surface area contributed by atoms with Gasteiger partial charge in [-0.3, -0.25) is 4.79 Å². The second kappa shape index (κ2) is 8.53. The molecule has 4 aromatic rings. The van der Waals surface area contributed by atoms with Gasteiger partial charge in [0.2, 0.25) is 5.91 Å². The van der Waals surface area contributed by atoms with E-state index >= 15 is 0 Å². The highest BCUT2D eigenvalue weighted by Gasteiger charge is 2.26. The van der Waals surface area contributed by atoms with Crippen molar-refractivity contribution < 1.29 is 4.79 Å². The zero-order valence-electron chi connectivity index (χ0n) is 15.8. The van der Waals surface area contributed by atoms with Crippen molar-refractivity contribution in [3.05, 3.63) is 57.1 Å². The first kappa shape index (κ1) is 20.5. The molecular formula is C21H20ClN3OS3. The molecule has 0 saturated carbocycles. The Bertz CT molecular complexity index is 1120. The predicted molar refractivity (Wildman–Crippen MR) is 127 cm³/mol. The Morgan fingerprint density at radius 3 is 2.86 bits per heavy atom. The van der Waals surface area contributed by atoms with E-state index in [2.05, 4.69) is 29.4 Å². The third kappa shape index (κ3) is 4.11. The van der Waals surface area contributed by atoms with Gasteiger partial charge >= 0.3 is 0 Å². The number of anilines is 1. The minimum absolute atomic E-state index is 0. The number of rotatable bonds is 4. The van der Waals surface area contributed by atoms with Crippen molar-refractivity contribution in [1.29, 1.82) is 0 Å². The fourth-order valence-electron chi connectivity index (χ4n) is 3.57. The van der Waals surface area contributed by atoms with Gasteiger partial charge in [-0.25, -0.2) is 4.98 Å². The third-order valence-corrected chi connectivity index (χ3v) is 7.99. The molecular weight excluding hydrogens is 442 g/mol. The van der Waals surface area contributed by atoms with E-state index in [1.165, 1.54) is 15.1 Å². The Kier molecular flexibility index (Phi) is 6.03. The number of carbonyl (C=O) groups excluding carboxylic acids is 1. The third-order valence-electron chi connectivity index (χ3n) is 4.92. The summed E-state index contributed by atoms with van der Waals surface area (Å²) in [5.74, 6) is 0.0387. The number of para-hydroxylation sites is 1. The van der Waals surface area contributed by atoms with Gasteiger partial charge in [0.15, 0.2) is 0 Å². The summed E-state index contributed by atoms with van der Waals surface area (Å²) < 4.78 is 1.18. The molecule has 1 amide bonds. The van der Waals surface area contributed by atoms with Crippen molar-refractivity contribution in [2.75, 3.05) is 18.9 Å². The van der Waals surface area contributed by atoms with Crippen molar-refractivity contribution in [2.45, 2.75) is 19.4 Å². The van der Waals surface area contributed by atoms with Gasteiger partial charge in [-0.05, 0) is 42.6 Å². The average molecular weight is 462 g/mol. The first-order chi connectivity index (χ1) is 13.7. The topological polar surface area (TPSA) is 45.2 Å². The van der Waals surface area contributed by atoms with E-state index in [1.54, 1.807) is 34.0 Å². The Balaban J connectivity index is 0.00000205. The molecule has 1 aliphatic heterocycles. The first-order valence-electron chi connectivity index (χ1n) is 9.18. The summed E-state index contributed by atoms with van der Waals surface area (Å²) in [6, 6.07) is 12.2. The van der Waals surface area contributed by atoms with Gasteiger partial charge in [-0.15, -0.1) is 46.4 Å². The number of amides is 1. The van der Waals surface area contributed by atoms with Gasteiger partial charge in [-0.2, -0.15) is 0 Å². The summed E-state index contributed by atoms with van der Waals surface area (Å²) in [5, 5.41) is 7.16. The van der Waals surface area contributed by atoms with Crippen molar-refractivity contribution in [3.63, 3.8) is 0 Å². The molecule has 8 heteroatoms. The van der Waals surface area contributed by atoms with Crippen molar-refractivity contribution in [2.24, 2.45) is 0 Å². The summed E-state index contributed by atoms with van der Waals surface area (Å²) in [6.07, 6.45) is 1.41. The molecule has 0 bridgehead atoms. The van der Waals surface area contributed by atoms with Crippen molar-refractivity contribution in [1.82, 2.24) is 9.88 Å². The van der Waals surface area contributed by atoms with Gasteiger partial charge in [0.1, 0.15) is 10.0 Å². The summed E-state index contributed by atoms with van der Waals surface area (Å²) >= 11 is 5.03. The van der Waals surface area contributed by atoms with Crippen LogP contribution in [0, 0.1) is 0 Å². The molecule has 1 N–H and O–H groups in total. The Hall–Kier alpha value is -1.77. The molecule has 0 spiro atoms. The number of hydrogen-bond donors (Lipinski definition) is 1. The Morgan fingerprint density at radius 1 is 1.21 bits per heavy atom. The number of fused-ring (bicyclic) bond motifs is 2. The van der Waals surface area contributed by atoms with Crippen molar-refractivity contribution in [3.8, 4) is 10.6 Å². The lowest BCUT2D eigenvalue weighted by Gasteiger charge is -2.22. The number of benzene rings is 1. The standard InChI is InChI=1S/C21H19N3OS3.ClH/c1-24-9-8-14-17(12-24)28-21(23-18(25)11-13-5-4-10-26-13)19(14)20-22-15-6-2-3-7-16(15)27-20;/h2-7,10H,8-9,11-12H2,1H3,(H,23,25);1H. The smallest absolute Gasteiger partial charge is 0.230 e. The second-order valence-corrected chi connectivity index (χ2v) is 10.2. The molecule has 1 aromatic carbocycles. The number of thiophene rings is 2. The van der Waals surface area contributed by atoms with Gasteiger partial charge < -0.3 is 10.2 Å². The summed E-state index contributed by atoms with van der Waals surface area (Å²) in [6.45, 7) is 1.96.